The molecule has 0 aromatic heterocycles. The van der Waals surface area contributed by atoms with Gasteiger partial charge < -0.3 is 24.5 Å². The molecule has 0 aromatic carbocycles. The second-order valence-corrected chi connectivity index (χ2v) is 6.79. The topological polar surface area (TPSA) is 56.3 Å². The quantitative estimate of drug-likeness (QED) is 0.785. The fraction of sp³-hybridized carbons (Fsp3) is 0.938. The Kier molecular flexibility index (Phi) is 6.92. The van der Waals surface area contributed by atoms with Crippen molar-refractivity contribution in [2.24, 2.45) is 11.8 Å². The molecular formula is C16H31N3O3. The van der Waals surface area contributed by atoms with E-state index < -0.39 is 0 Å². The number of likely N-dealkylation sites (N-methyl/N-ethyl adjacent to an activating group) is 1. The molecule has 2 atom stereocenters. The summed E-state index contributed by atoms with van der Waals surface area (Å²) in [6.45, 7) is 6.02. The van der Waals surface area contributed by atoms with Crippen LogP contribution in [0.15, 0.2) is 0 Å². The maximum Gasteiger partial charge on any atom is 0.320 e. The van der Waals surface area contributed by atoms with Crippen molar-refractivity contribution < 1.29 is 14.6 Å². The molecule has 2 heterocycles. The number of rotatable bonds is 6. The van der Waals surface area contributed by atoms with E-state index in [-0.39, 0.29) is 18.6 Å². The van der Waals surface area contributed by atoms with Gasteiger partial charge in [-0.15, -0.1) is 0 Å². The van der Waals surface area contributed by atoms with Crippen LogP contribution in [0.2, 0.25) is 0 Å². The van der Waals surface area contributed by atoms with Crippen molar-refractivity contribution in [3.63, 3.8) is 0 Å². The minimum absolute atomic E-state index is 0.167. The maximum atomic E-state index is 12.6. The number of aliphatic hydroxyl groups excluding tert-OH is 1. The molecule has 0 unspecified atom stereocenters. The lowest BCUT2D eigenvalue weighted by Crippen LogP contribution is -2.51. The summed E-state index contributed by atoms with van der Waals surface area (Å²) in [5.74, 6) is 0.639. The second-order valence-electron chi connectivity index (χ2n) is 6.79. The summed E-state index contributed by atoms with van der Waals surface area (Å²) in [7, 11) is 3.81. The van der Waals surface area contributed by atoms with Crippen LogP contribution in [0.5, 0.6) is 0 Å². The summed E-state index contributed by atoms with van der Waals surface area (Å²) in [6, 6.07) is 0.167. The number of urea groups is 1. The monoisotopic (exact) mass is 313 g/mol. The molecule has 6 nitrogen and oxygen atoms in total. The zero-order valence-electron chi connectivity index (χ0n) is 14.0. The van der Waals surface area contributed by atoms with Crippen molar-refractivity contribution in [1.29, 1.82) is 0 Å². The Hall–Kier alpha value is -0.850. The van der Waals surface area contributed by atoms with E-state index in [1.54, 1.807) is 7.11 Å². The Labute approximate surface area is 134 Å². The molecule has 2 aliphatic rings. The zero-order chi connectivity index (χ0) is 15.9. The van der Waals surface area contributed by atoms with Crippen LogP contribution >= 0.6 is 0 Å². The van der Waals surface area contributed by atoms with Crippen LogP contribution in [-0.2, 0) is 4.74 Å². The Morgan fingerprint density at radius 2 is 1.91 bits per heavy atom. The minimum Gasteiger partial charge on any atom is -0.396 e. The first kappa shape index (κ1) is 17.5. The van der Waals surface area contributed by atoms with E-state index in [1.807, 2.05) is 9.80 Å². The predicted octanol–water partition coefficient (Wildman–Crippen LogP) is 0.711. The van der Waals surface area contributed by atoms with Crippen molar-refractivity contribution in [2.75, 3.05) is 66.6 Å². The number of aliphatic hydroxyl groups is 1. The van der Waals surface area contributed by atoms with Gasteiger partial charge in [0.1, 0.15) is 0 Å². The molecule has 2 saturated heterocycles. The van der Waals surface area contributed by atoms with Gasteiger partial charge in [0, 0.05) is 58.9 Å². The van der Waals surface area contributed by atoms with Crippen LogP contribution in [-0.4, -0.2) is 92.5 Å². The molecule has 2 rings (SSSR count). The van der Waals surface area contributed by atoms with Gasteiger partial charge in [-0.2, -0.15) is 0 Å². The van der Waals surface area contributed by atoms with E-state index in [0.717, 1.165) is 58.6 Å². The molecule has 128 valence electrons. The number of amides is 2. The number of carbonyl (C=O) groups excluding carboxylic acids is 1. The van der Waals surface area contributed by atoms with Crippen LogP contribution in [0, 0.1) is 11.8 Å². The van der Waals surface area contributed by atoms with Gasteiger partial charge in [0.2, 0.25) is 0 Å². The number of hydrogen-bond donors (Lipinski definition) is 1. The van der Waals surface area contributed by atoms with Crippen molar-refractivity contribution in [3.8, 4) is 0 Å². The SMILES string of the molecule is COCCN(C)C[C@H]1C[C@H](CO)CN(C(=O)N2CCCC2)C1. The van der Waals surface area contributed by atoms with Gasteiger partial charge >= 0.3 is 6.03 Å². The fourth-order valence-corrected chi connectivity index (χ4v) is 3.63. The first-order valence-electron chi connectivity index (χ1n) is 8.46. The van der Waals surface area contributed by atoms with Gasteiger partial charge in [-0.25, -0.2) is 4.79 Å². The summed E-state index contributed by atoms with van der Waals surface area (Å²) in [5, 5.41) is 9.56. The Bertz CT molecular complexity index is 348. The molecule has 0 bridgehead atoms. The third kappa shape index (κ3) is 4.83. The highest BCUT2D eigenvalue weighted by atomic mass is 16.5. The molecule has 6 heteroatoms. The van der Waals surface area contributed by atoms with Gasteiger partial charge in [-0.3, -0.25) is 0 Å². The summed E-state index contributed by atoms with van der Waals surface area (Å²) in [6.07, 6.45) is 3.23. The normalized spacial score (nSPS) is 26.0. The van der Waals surface area contributed by atoms with Crippen molar-refractivity contribution in [3.05, 3.63) is 0 Å². The number of hydrogen-bond acceptors (Lipinski definition) is 4. The smallest absolute Gasteiger partial charge is 0.320 e. The van der Waals surface area contributed by atoms with Gasteiger partial charge in [0.25, 0.3) is 0 Å². The van der Waals surface area contributed by atoms with E-state index in [0.29, 0.717) is 12.5 Å². The van der Waals surface area contributed by atoms with Crippen molar-refractivity contribution in [1.82, 2.24) is 14.7 Å². The van der Waals surface area contributed by atoms with E-state index >= 15 is 0 Å². The zero-order valence-corrected chi connectivity index (χ0v) is 14.0. The standard InChI is InChI=1S/C16H31N3O3/c1-17(7-8-22-2)10-14-9-15(13-20)12-19(11-14)16(21)18-5-3-4-6-18/h14-15,20H,3-13H2,1-2H3/t14-,15+/m1/s1. The minimum atomic E-state index is 0.167. The molecule has 2 aliphatic heterocycles. The summed E-state index contributed by atoms with van der Waals surface area (Å²) < 4.78 is 5.12. The number of piperidine rings is 1. The third-order valence-electron chi connectivity index (χ3n) is 4.78. The molecule has 2 amide bonds. The van der Waals surface area contributed by atoms with Crippen LogP contribution < -0.4 is 0 Å². The first-order valence-corrected chi connectivity index (χ1v) is 8.46. The summed E-state index contributed by atoms with van der Waals surface area (Å²) >= 11 is 0. The summed E-state index contributed by atoms with van der Waals surface area (Å²) in [5.41, 5.74) is 0. The molecule has 0 saturated carbocycles. The largest absolute Gasteiger partial charge is 0.396 e. The van der Waals surface area contributed by atoms with E-state index in [4.69, 9.17) is 4.74 Å². The Balaban J connectivity index is 1.89. The summed E-state index contributed by atoms with van der Waals surface area (Å²) in [4.78, 5) is 18.8. The highest BCUT2D eigenvalue weighted by Crippen LogP contribution is 2.24. The average Bonchev–Trinajstić information content (AvgIpc) is 3.06. The molecular weight excluding hydrogens is 282 g/mol. The van der Waals surface area contributed by atoms with Crippen LogP contribution in [0.1, 0.15) is 19.3 Å². The van der Waals surface area contributed by atoms with E-state index in [2.05, 4.69) is 11.9 Å². The van der Waals surface area contributed by atoms with Crippen LogP contribution in [0.3, 0.4) is 0 Å². The molecule has 2 fully saturated rings. The van der Waals surface area contributed by atoms with Gasteiger partial charge in [0.15, 0.2) is 0 Å². The fourth-order valence-electron chi connectivity index (χ4n) is 3.63. The molecule has 22 heavy (non-hydrogen) atoms. The highest BCUT2D eigenvalue weighted by molar-refractivity contribution is 5.74. The lowest BCUT2D eigenvalue weighted by Gasteiger charge is -2.40. The number of nitrogens with zero attached hydrogens (tertiary/aromatic N) is 3. The molecule has 0 aromatic rings. The number of carbonyl (C=O) groups is 1. The van der Waals surface area contributed by atoms with Gasteiger partial charge in [-0.05, 0) is 32.2 Å². The van der Waals surface area contributed by atoms with Gasteiger partial charge in [-0.1, -0.05) is 0 Å². The second kappa shape index (κ2) is 8.70. The number of likely N-dealkylation sites (tertiary alicyclic amines) is 2. The van der Waals surface area contributed by atoms with Crippen molar-refractivity contribution >= 4 is 6.03 Å². The van der Waals surface area contributed by atoms with Crippen LogP contribution in [0.25, 0.3) is 0 Å². The molecule has 0 spiro atoms. The Morgan fingerprint density at radius 1 is 1.23 bits per heavy atom. The highest BCUT2D eigenvalue weighted by Gasteiger charge is 2.33. The molecule has 0 aliphatic carbocycles. The number of ether oxygens (including phenoxy) is 1. The van der Waals surface area contributed by atoms with E-state index in [9.17, 15) is 9.90 Å². The maximum absolute atomic E-state index is 12.6. The first-order chi connectivity index (χ1) is 10.6. The predicted molar refractivity (Wildman–Crippen MR) is 85.8 cm³/mol. The van der Waals surface area contributed by atoms with Crippen LogP contribution in [0.4, 0.5) is 4.79 Å². The number of methoxy groups -OCH3 is 1. The molecule has 0 radical (unpaired) electrons. The lowest BCUT2D eigenvalue weighted by atomic mass is 9.89. The van der Waals surface area contributed by atoms with Gasteiger partial charge in [0.05, 0.1) is 6.61 Å². The third-order valence-corrected chi connectivity index (χ3v) is 4.78. The average molecular weight is 313 g/mol. The molecule has 1 N–H and O–H groups in total. The lowest BCUT2D eigenvalue weighted by molar-refractivity contribution is 0.0696. The Morgan fingerprint density at radius 3 is 2.55 bits per heavy atom. The van der Waals surface area contributed by atoms with E-state index in [1.165, 1.54) is 0 Å². The van der Waals surface area contributed by atoms with Crippen molar-refractivity contribution in [2.45, 2.75) is 19.3 Å².